The van der Waals surface area contributed by atoms with Crippen molar-refractivity contribution in [2.45, 2.75) is 123 Å². The van der Waals surface area contributed by atoms with Crippen LogP contribution in [0.15, 0.2) is 60.2 Å². The van der Waals surface area contributed by atoms with Crippen molar-refractivity contribution >= 4 is 5.78 Å². The Labute approximate surface area is 233 Å². The maximum absolute atomic E-state index is 13.1. The molecule has 2 aliphatic carbocycles. The molecule has 2 aliphatic rings. The van der Waals surface area contributed by atoms with E-state index < -0.39 is 0 Å². The Bertz CT molecular complexity index is 988. The Hall–Kier alpha value is -2.15. The Morgan fingerprint density at radius 1 is 0.684 bits per heavy atom. The van der Waals surface area contributed by atoms with Crippen LogP contribution in [0.4, 0.5) is 0 Å². The molecule has 1 unspecified atom stereocenters. The number of aryl methyl sites for hydroxylation is 1. The summed E-state index contributed by atoms with van der Waals surface area (Å²) in [6, 6.07) is 17.7. The van der Waals surface area contributed by atoms with Gasteiger partial charge in [0.2, 0.25) is 0 Å². The molecule has 1 nitrogen and oxygen atoms in total. The van der Waals surface area contributed by atoms with Crippen molar-refractivity contribution < 1.29 is 4.79 Å². The summed E-state index contributed by atoms with van der Waals surface area (Å²) in [6.07, 6.45) is 24.0. The molecule has 0 aliphatic heterocycles. The lowest BCUT2D eigenvalue weighted by Gasteiger charge is -2.35. The van der Waals surface area contributed by atoms with Gasteiger partial charge in [-0.25, -0.2) is 0 Å². The highest BCUT2D eigenvalue weighted by molar-refractivity contribution is 5.97. The molecular weight excluding hydrogens is 460 g/mol. The number of hydrogen-bond acceptors (Lipinski definition) is 1. The molecule has 0 spiro atoms. The Kier molecular flexibility index (Phi) is 11.7. The topological polar surface area (TPSA) is 17.1 Å². The van der Waals surface area contributed by atoms with Crippen LogP contribution < -0.4 is 0 Å². The van der Waals surface area contributed by atoms with Crippen LogP contribution in [-0.2, 0) is 17.6 Å². The standard InChI is InChI=1S/C37H52O/c1-3-5-7-9-11-30-14-18-32(19-15-30)34-22-16-31(17-23-34)28-37(38)36-26-24-35(25-27-36)33-20-12-29(13-21-33)10-8-6-4-2/h14-19,22-23,26,29,33,35H,3-13,20-21,24-25,27-28H2,1-2H3. The first-order valence-corrected chi connectivity index (χ1v) is 16.1. The monoisotopic (exact) mass is 512 g/mol. The van der Waals surface area contributed by atoms with Gasteiger partial charge in [0, 0.05) is 6.42 Å². The number of hydrogen-bond donors (Lipinski definition) is 0. The van der Waals surface area contributed by atoms with Crippen molar-refractivity contribution in [3.05, 3.63) is 71.3 Å². The smallest absolute Gasteiger partial charge is 0.162 e. The van der Waals surface area contributed by atoms with E-state index in [0.29, 0.717) is 12.2 Å². The van der Waals surface area contributed by atoms with Crippen LogP contribution >= 0.6 is 0 Å². The normalized spacial score (nSPS) is 21.7. The lowest BCUT2D eigenvalue weighted by molar-refractivity contribution is -0.115. The predicted molar refractivity (Wildman–Crippen MR) is 163 cm³/mol. The second-order valence-electron chi connectivity index (χ2n) is 12.3. The zero-order valence-electron chi connectivity index (χ0n) is 24.4. The molecule has 4 rings (SSSR count). The third-order valence-electron chi connectivity index (χ3n) is 9.51. The molecule has 2 aromatic rings. The van der Waals surface area contributed by atoms with E-state index in [1.807, 2.05) is 0 Å². The van der Waals surface area contributed by atoms with E-state index >= 15 is 0 Å². The summed E-state index contributed by atoms with van der Waals surface area (Å²) in [5, 5.41) is 0. The second-order valence-corrected chi connectivity index (χ2v) is 12.3. The molecule has 2 aromatic carbocycles. The van der Waals surface area contributed by atoms with Crippen molar-refractivity contribution in [3.8, 4) is 11.1 Å². The Morgan fingerprint density at radius 3 is 1.92 bits per heavy atom. The summed E-state index contributed by atoms with van der Waals surface area (Å²) in [6.45, 7) is 4.57. The first-order chi connectivity index (χ1) is 18.7. The molecule has 0 N–H and O–H groups in total. The van der Waals surface area contributed by atoms with Crippen molar-refractivity contribution in [2.24, 2.45) is 17.8 Å². The van der Waals surface area contributed by atoms with Crippen molar-refractivity contribution in [3.63, 3.8) is 0 Å². The molecule has 0 radical (unpaired) electrons. The van der Waals surface area contributed by atoms with Crippen LogP contribution in [0.1, 0.15) is 121 Å². The first-order valence-electron chi connectivity index (χ1n) is 16.1. The van der Waals surface area contributed by atoms with Crippen molar-refractivity contribution in [1.82, 2.24) is 0 Å². The molecule has 206 valence electrons. The van der Waals surface area contributed by atoms with E-state index in [1.165, 1.54) is 107 Å². The fourth-order valence-electron chi connectivity index (χ4n) is 6.90. The third kappa shape index (κ3) is 8.69. The number of rotatable bonds is 14. The lowest BCUT2D eigenvalue weighted by atomic mass is 9.70. The van der Waals surface area contributed by atoms with E-state index in [4.69, 9.17) is 0 Å². The quantitative estimate of drug-likeness (QED) is 0.230. The maximum atomic E-state index is 13.1. The molecule has 0 aromatic heterocycles. The maximum Gasteiger partial charge on any atom is 0.162 e. The number of carbonyl (C=O) groups excluding carboxylic acids is 1. The highest BCUT2D eigenvalue weighted by Crippen LogP contribution is 2.41. The molecule has 38 heavy (non-hydrogen) atoms. The lowest BCUT2D eigenvalue weighted by Crippen LogP contribution is -2.24. The highest BCUT2D eigenvalue weighted by atomic mass is 16.1. The number of Topliss-reactive ketones (excluding diaryl/α,β-unsaturated/α-hetero) is 1. The van der Waals surface area contributed by atoms with Gasteiger partial charge in [0.05, 0.1) is 0 Å². The molecule has 1 saturated carbocycles. The van der Waals surface area contributed by atoms with Crippen molar-refractivity contribution in [1.29, 1.82) is 0 Å². The molecule has 0 heterocycles. The van der Waals surface area contributed by atoms with E-state index in [1.54, 1.807) is 0 Å². The van der Waals surface area contributed by atoms with Gasteiger partial charge in [-0.3, -0.25) is 4.79 Å². The molecule has 1 atom stereocenters. The van der Waals surface area contributed by atoms with Gasteiger partial charge in [0.25, 0.3) is 0 Å². The highest BCUT2D eigenvalue weighted by Gasteiger charge is 2.29. The number of benzene rings is 2. The molecule has 0 saturated heterocycles. The summed E-state index contributed by atoms with van der Waals surface area (Å²) >= 11 is 0. The van der Waals surface area contributed by atoms with Gasteiger partial charge in [-0.15, -0.1) is 0 Å². The summed E-state index contributed by atoms with van der Waals surface area (Å²) < 4.78 is 0. The first kappa shape index (κ1) is 28.8. The van der Waals surface area contributed by atoms with Gasteiger partial charge < -0.3 is 0 Å². The van der Waals surface area contributed by atoms with Gasteiger partial charge in [-0.1, -0.05) is 126 Å². The minimum absolute atomic E-state index is 0.336. The number of carbonyl (C=O) groups is 1. The van der Waals surface area contributed by atoms with Crippen LogP contribution in [-0.4, -0.2) is 5.78 Å². The van der Waals surface area contributed by atoms with Gasteiger partial charge in [0.15, 0.2) is 5.78 Å². The third-order valence-corrected chi connectivity index (χ3v) is 9.51. The number of ketones is 1. The minimum Gasteiger partial charge on any atom is -0.294 e. The molecule has 1 fully saturated rings. The fraction of sp³-hybridized carbons (Fsp3) is 0.595. The summed E-state index contributed by atoms with van der Waals surface area (Å²) in [7, 11) is 0. The predicted octanol–water partition coefficient (Wildman–Crippen LogP) is 10.7. The van der Waals surface area contributed by atoms with E-state index in [2.05, 4.69) is 68.5 Å². The zero-order valence-corrected chi connectivity index (χ0v) is 24.4. The number of unbranched alkanes of at least 4 members (excludes halogenated alkanes) is 5. The van der Waals surface area contributed by atoms with Crippen LogP contribution in [0.5, 0.6) is 0 Å². The number of allylic oxidation sites excluding steroid dienone is 2. The van der Waals surface area contributed by atoms with Crippen LogP contribution in [0.25, 0.3) is 11.1 Å². The average molecular weight is 513 g/mol. The van der Waals surface area contributed by atoms with E-state index in [9.17, 15) is 4.79 Å². The van der Waals surface area contributed by atoms with Gasteiger partial charge in [-0.2, -0.15) is 0 Å². The van der Waals surface area contributed by atoms with Crippen molar-refractivity contribution in [2.75, 3.05) is 0 Å². The van der Waals surface area contributed by atoms with Gasteiger partial charge in [-0.05, 0) is 90.5 Å². The van der Waals surface area contributed by atoms with Crippen LogP contribution in [0.3, 0.4) is 0 Å². The molecular formula is C37H52O. The van der Waals surface area contributed by atoms with Crippen LogP contribution in [0.2, 0.25) is 0 Å². The summed E-state index contributed by atoms with van der Waals surface area (Å²) in [4.78, 5) is 13.1. The van der Waals surface area contributed by atoms with Crippen LogP contribution in [0, 0.1) is 17.8 Å². The zero-order chi connectivity index (χ0) is 26.6. The molecule has 1 heteroatoms. The minimum atomic E-state index is 0.336. The summed E-state index contributed by atoms with van der Waals surface area (Å²) in [5.41, 5.74) is 6.16. The Balaban J connectivity index is 1.21. The van der Waals surface area contributed by atoms with E-state index in [-0.39, 0.29) is 0 Å². The summed E-state index contributed by atoms with van der Waals surface area (Å²) in [5.74, 6) is 3.03. The second kappa shape index (κ2) is 15.4. The van der Waals surface area contributed by atoms with Gasteiger partial charge >= 0.3 is 0 Å². The van der Waals surface area contributed by atoms with Gasteiger partial charge in [0.1, 0.15) is 0 Å². The average Bonchev–Trinajstić information content (AvgIpc) is 2.97. The molecule has 0 bridgehead atoms. The largest absolute Gasteiger partial charge is 0.294 e. The Morgan fingerprint density at radius 2 is 1.32 bits per heavy atom. The molecule has 0 amide bonds. The SMILES string of the molecule is CCCCCCc1ccc(-c2ccc(CC(=O)C3=CCC(C4CCC(CCCCC)CC4)CC3)cc2)cc1. The fourth-order valence-corrected chi connectivity index (χ4v) is 6.90. The van der Waals surface area contributed by atoms with E-state index in [0.717, 1.165) is 41.7 Å².